The zero-order valence-electron chi connectivity index (χ0n) is 9.74. The van der Waals surface area contributed by atoms with Crippen LogP contribution in [0.25, 0.3) is 0 Å². The summed E-state index contributed by atoms with van der Waals surface area (Å²) >= 11 is 0. The predicted molar refractivity (Wildman–Crippen MR) is 61.4 cm³/mol. The van der Waals surface area contributed by atoms with E-state index in [1.165, 1.54) is 38.5 Å². The van der Waals surface area contributed by atoms with Gasteiger partial charge in [0.05, 0.1) is 12.9 Å². The average Bonchev–Trinajstić information content (AvgIpc) is 2.15. The second-order valence-corrected chi connectivity index (χ2v) is 6.04. The molecule has 4 aliphatic rings. The van der Waals surface area contributed by atoms with Crippen LogP contribution in [0.5, 0.6) is 0 Å². The van der Waals surface area contributed by atoms with Gasteiger partial charge in [-0.05, 0) is 74.7 Å². The molecule has 4 aliphatic carbocycles. The summed E-state index contributed by atoms with van der Waals surface area (Å²) in [6.07, 6.45) is 13.3. The smallest absolute Gasteiger partial charge is 0.0845 e. The fraction of sp³-hybridized carbons (Fsp3) is 0.857. The van der Waals surface area contributed by atoms with Crippen molar-refractivity contribution in [3.8, 4) is 0 Å². The third-order valence-corrected chi connectivity index (χ3v) is 4.77. The molecule has 4 saturated carbocycles. The highest BCUT2D eigenvalue weighted by Crippen LogP contribution is 2.60. The second kappa shape index (κ2) is 3.54. The molecular weight excluding hydrogens is 184 g/mol. The molecule has 0 saturated heterocycles. The van der Waals surface area contributed by atoms with Crippen LogP contribution in [0.15, 0.2) is 12.3 Å². The van der Waals surface area contributed by atoms with E-state index in [2.05, 4.69) is 13.0 Å². The van der Waals surface area contributed by atoms with E-state index < -0.39 is 0 Å². The molecular formula is C14H22O. The van der Waals surface area contributed by atoms with Crippen LogP contribution in [-0.2, 0) is 4.74 Å². The first-order chi connectivity index (χ1) is 7.30. The molecule has 15 heavy (non-hydrogen) atoms. The van der Waals surface area contributed by atoms with Crippen molar-refractivity contribution < 1.29 is 4.74 Å². The van der Waals surface area contributed by atoms with E-state index in [0.29, 0.717) is 5.41 Å². The minimum atomic E-state index is 0.546. The second-order valence-electron chi connectivity index (χ2n) is 6.04. The number of allylic oxidation sites excluding steroid dienone is 1. The van der Waals surface area contributed by atoms with E-state index in [0.717, 1.165) is 24.4 Å². The maximum absolute atomic E-state index is 5.39. The zero-order valence-corrected chi connectivity index (χ0v) is 9.74. The van der Waals surface area contributed by atoms with Crippen LogP contribution < -0.4 is 0 Å². The summed E-state index contributed by atoms with van der Waals surface area (Å²) < 4.78 is 5.39. The van der Waals surface area contributed by atoms with Crippen LogP contribution in [0.2, 0.25) is 0 Å². The van der Waals surface area contributed by atoms with Crippen LogP contribution in [0.1, 0.15) is 45.4 Å². The number of hydrogen-bond donors (Lipinski definition) is 0. The van der Waals surface area contributed by atoms with E-state index in [4.69, 9.17) is 4.74 Å². The number of rotatable bonds is 3. The quantitative estimate of drug-likeness (QED) is 0.639. The molecule has 0 atom stereocenters. The molecule has 0 unspecified atom stereocenters. The summed E-state index contributed by atoms with van der Waals surface area (Å²) in [5, 5.41) is 0. The van der Waals surface area contributed by atoms with E-state index in [1.54, 1.807) is 0 Å². The molecule has 0 aromatic rings. The third kappa shape index (κ3) is 1.70. The molecule has 0 aromatic heterocycles. The van der Waals surface area contributed by atoms with E-state index >= 15 is 0 Å². The molecule has 0 amide bonds. The lowest BCUT2D eigenvalue weighted by atomic mass is 9.50. The standard InChI is InChI=1S/C14H22O/c1-2-15-4-3-14-8-11-5-12(9-14)7-13(6-11)10-14/h3-4,11-13H,2,5-10H2,1H3. The first kappa shape index (κ1) is 9.74. The molecule has 0 heterocycles. The molecule has 0 aromatic carbocycles. The summed E-state index contributed by atoms with van der Waals surface area (Å²) in [6.45, 7) is 2.87. The van der Waals surface area contributed by atoms with Gasteiger partial charge in [0.1, 0.15) is 0 Å². The Balaban J connectivity index is 1.75. The van der Waals surface area contributed by atoms with Gasteiger partial charge in [0.2, 0.25) is 0 Å². The van der Waals surface area contributed by atoms with Crippen molar-refractivity contribution in [2.75, 3.05) is 6.61 Å². The van der Waals surface area contributed by atoms with Crippen LogP contribution in [0, 0.1) is 23.2 Å². The molecule has 4 bridgehead atoms. The summed E-state index contributed by atoms with van der Waals surface area (Å²) in [5.74, 6) is 3.13. The summed E-state index contributed by atoms with van der Waals surface area (Å²) in [5.41, 5.74) is 0.546. The topological polar surface area (TPSA) is 9.23 Å². The number of hydrogen-bond acceptors (Lipinski definition) is 1. The van der Waals surface area contributed by atoms with Crippen molar-refractivity contribution in [2.45, 2.75) is 45.4 Å². The van der Waals surface area contributed by atoms with E-state index in [1.807, 2.05) is 6.26 Å². The van der Waals surface area contributed by atoms with Crippen molar-refractivity contribution in [2.24, 2.45) is 23.2 Å². The highest BCUT2D eigenvalue weighted by Gasteiger charge is 2.49. The highest BCUT2D eigenvalue weighted by molar-refractivity contribution is 5.09. The minimum Gasteiger partial charge on any atom is -0.502 e. The van der Waals surface area contributed by atoms with Crippen molar-refractivity contribution in [3.05, 3.63) is 12.3 Å². The van der Waals surface area contributed by atoms with Crippen LogP contribution in [0.3, 0.4) is 0 Å². The molecule has 1 heteroatoms. The van der Waals surface area contributed by atoms with Crippen molar-refractivity contribution in [1.29, 1.82) is 0 Å². The fourth-order valence-corrected chi connectivity index (χ4v) is 4.67. The summed E-state index contributed by atoms with van der Waals surface area (Å²) in [6, 6.07) is 0. The Bertz CT molecular complexity index is 231. The monoisotopic (exact) mass is 206 g/mol. The van der Waals surface area contributed by atoms with Crippen molar-refractivity contribution in [1.82, 2.24) is 0 Å². The molecule has 4 rings (SSSR count). The molecule has 4 fully saturated rings. The zero-order chi connectivity index (χ0) is 10.3. The van der Waals surface area contributed by atoms with Gasteiger partial charge in [-0.25, -0.2) is 0 Å². The van der Waals surface area contributed by atoms with Gasteiger partial charge in [-0.3, -0.25) is 0 Å². The fourth-order valence-electron chi connectivity index (χ4n) is 4.67. The minimum absolute atomic E-state index is 0.546. The third-order valence-electron chi connectivity index (χ3n) is 4.77. The molecule has 1 nitrogen and oxygen atoms in total. The van der Waals surface area contributed by atoms with Gasteiger partial charge >= 0.3 is 0 Å². The molecule has 84 valence electrons. The first-order valence-electron chi connectivity index (χ1n) is 6.59. The predicted octanol–water partition coefficient (Wildman–Crippen LogP) is 3.75. The van der Waals surface area contributed by atoms with Gasteiger partial charge in [-0.2, -0.15) is 0 Å². The average molecular weight is 206 g/mol. The molecule has 0 aliphatic heterocycles. The maximum atomic E-state index is 5.39. The maximum Gasteiger partial charge on any atom is 0.0845 e. The Morgan fingerprint density at radius 1 is 1.07 bits per heavy atom. The van der Waals surface area contributed by atoms with Gasteiger partial charge in [0.15, 0.2) is 0 Å². The van der Waals surface area contributed by atoms with Crippen molar-refractivity contribution >= 4 is 0 Å². The van der Waals surface area contributed by atoms with Gasteiger partial charge in [-0.1, -0.05) is 0 Å². The van der Waals surface area contributed by atoms with Gasteiger partial charge in [0.25, 0.3) is 0 Å². The lowest BCUT2D eigenvalue weighted by molar-refractivity contribution is -0.0249. The molecule has 0 radical (unpaired) electrons. The van der Waals surface area contributed by atoms with Crippen molar-refractivity contribution in [3.63, 3.8) is 0 Å². The van der Waals surface area contributed by atoms with E-state index in [9.17, 15) is 0 Å². The normalized spacial score (nSPS) is 47.7. The number of ether oxygens (including phenoxy) is 1. The Labute approximate surface area is 92.9 Å². The van der Waals surface area contributed by atoms with Gasteiger partial charge < -0.3 is 4.74 Å². The van der Waals surface area contributed by atoms with Crippen LogP contribution in [-0.4, -0.2) is 6.61 Å². The van der Waals surface area contributed by atoms with Gasteiger partial charge in [0, 0.05) is 0 Å². The van der Waals surface area contributed by atoms with Gasteiger partial charge in [-0.15, -0.1) is 0 Å². The summed E-state index contributed by atoms with van der Waals surface area (Å²) in [4.78, 5) is 0. The Hall–Kier alpha value is -0.460. The van der Waals surface area contributed by atoms with E-state index in [-0.39, 0.29) is 0 Å². The molecule has 0 spiro atoms. The SMILES string of the molecule is CCOC=CC12CC3CC(CC(C3)C1)C2. The largest absolute Gasteiger partial charge is 0.502 e. The summed E-state index contributed by atoms with van der Waals surface area (Å²) in [7, 11) is 0. The first-order valence-corrected chi connectivity index (χ1v) is 6.59. The highest BCUT2D eigenvalue weighted by atomic mass is 16.5. The lowest BCUT2D eigenvalue weighted by Crippen LogP contribution is -2.45. The van der Waals surface area contributed by atoms with Crippen LogP contribution in [0.4, 0.5) is 0 Å². The van der Waals surface area contributed by atoms with Crippen LogP contribution >= 0.6 is 0 Å². The lowest BCUT2D eigenvalue weighted by Gasteiger charge is -2.55. The Morgan fingerprint density at radius 2 is 1.60 bits per heavy atom. The Kier molecular flexibility index (Phi) is 2.30. The Morgan fingerprint density at radius 3 is 2.07 bits per heavy atom. The molecule has 0 N–H and O–H groups in total.